The average molecular weight is 420 g/mol. The summed E-state index contributed by atoms with van der Waals surface area (Å²) in [5.74, 6) is 2.27. The summed E-state index contributed by atoms with van der Waals surface area (Å²) in [5.41, 5.74) is 0.567. The molecule has 2 aromatic carbocycles. The number of terminal acetylenes is 1. The first-order chi connectivity index (χ1) is 14.4. The Morgan fingerprint density at radius 1 is 0.900 bits per heavy atom. The van der Waals surface area contributed by atoms with Crippen molar-refractivity contribution in [2.24, 2.45) is 0 Å². The molecule has 2 aromatic rings. The van der Waals surface area contributed by atoms with Crippen LogP contribution in [-0.2, 0) is 10.9 Å². The molecule has 1 saturated heterocycles. The molecule has 1 fully saturated rings. The Kier molecular flexibility index (Phi) is 7.48. The SMILES string of the molecule is C#CCN1CCN(CCOC(c2ccc(F)cc2)c2ccc(C(F)(F)F)cc2)CC1. The molecule has 30 heavy (non-hydrogen) atoms. The van der Waals surface area contributed by atoms with E-state index in [0.29, 0.717) is 30.8 Å². The van der Waals surface area contributed by atoms with E-state index in [1.807, 2.05) is 0 Å². The predicted octanol–water partition coefficient (Wildman–Crippen LogP) is 4.20. The van der Waals surface area contributed by atoms with Crippen LogP contribution in [0.5, 0.6) is 0 Å². The molecule has 7 heteroatoms. The largest absolute Gasteiger partial charge is 0.416 e. The van der Waals surface area contributed by atoms with Gasteiger partial charge >= 0.3 is 6.18 Å². The van der Waals surface area contributed by atoms with Crippen LogP contribution in [0.1, 0.15) is 22.8 Å². The number of piperazine rings is 1. The van der Waals surface area contributed by atoms with Gasteiger partial charge in [0.15, 0.2) is 0 Å². The minimum absolute atomic E-state index is 0.380. The quantitative estimate of drug-likeness (QED) is 0.493. The number of nitrogens with zero attached hydrogens (tertiary/aromatic N) is 2. The van der Waals surface area contributed by atoms with Gasteiger partial charge in [-0.1, -0.05) is 30.2 Å². The van der Waals surface area contributed by atoms with Crippen molar-refractivity contribution in [3.63, 3.8) is 0 Å². The summed E-state index contributed by atoms with van der Waals surface area (Å²) in [5, 5.41) is 0. The van der Waals surface area contributed by atoms with Crippen LogP contribution in [-0.4, -0.2) is 55.7 Å². The van der Waals surface area contributed by atoms with Crippen molar-refractivity contribution >= 4 is 0 Å². The molecule has 1 aliphatic heterocycles. The van der Waals surface area contributed by atoms with Crippen molar-refractivity contribution in [2.45, 2.75) is 12.3 Å². The molecular formula is C23H24F4N2O. The van der Waals surface area contributed by atoms with E-state index < -0.39 is 17.8 Å². The van der Waals surface area contributed by atoms with Crippen LogP contribution >= 0.6 is 0 Å². The second kappa shape index (κ2) is 10.1. The fraction of sp³-hybridized carbons (Fsp3) is 0.391. The van der Waals surface area contributed by atoms with Crippen LogP contribution in [0, 0.1) is 18.2 Å². The molecule has 0 N–H and O–H groups in total. The Bertz CT molecular complexity index is 835. The van der Waals surface area contributed by atoms with Crippen LogP contribution in [0.15, 0.2) is 48.5 Å². The molecule has 0 spiro atoms. The van der Waals surface area contributed by atoms with Crippen LogP contribution in [0.4, 0.5) is 17.6 Å². The monoisotopic (exact) mass is 420 g/mol. The van der Waals surface area contributed by atoms with Gasteiger partial charge in [-0.3, -0.25) is 9.80 Å². The van der Waals surface area contributed by atoms with Crippen molar-refractivity contribution in [1.29, 1.82) is 0 Å². The third-order valence-corrected chi connectivity index (χ3v) is 5.19. The van der Waals surface area contributed by atoms with Gasteiger partial charge in [-0.15, -0.1) is 6.42 Å². The van der Waals surface area contributed by atoms with Crippen LogP contribution in [0.3, 0.4) is 0 Å². The number of alkyl halides is 3. The van der Waals surface area contributed by atoms with Crippen molar-refractivity contribution in [1.82, 2.24) is 9.80 Å². The first kappa shape index (κ1) is 22.3. The van der Waals surface area contributed by atoms with Gasteiger partial charge in [0.1, 0.15) is 11.9 Å². The highest BCUT2D eigenvalue weighted by Gasteiger charge is 2.30. The predicted molar refractivity (Wildman–Crippen MR) is 107 cm³/mol. The van der Waals surface area contributed by atoms with Crippen LogP contribution in [0.25, 0.3) is 0 Å². The highest BCUT2D eigenvalue weighted by Crippen LogP contribution is 2.32. The normalized spacial score (nSPS) is 16.9. The first-order valence-electron chi connectivity index (χ1n) is 9.79. The number of rotatable bonds is 7. The third kappa shape index (κ3) is 6.05. The zero-order chi connectivity index (χ0) is 21.6. The smallest absolute Gasteiger partial charge is 0.367 e. The van der Waals surface area contributed by atoms with E-state index in [4.69, 9.17) is 11.2 Å². The fourth-order valence-corrected chi connectivity index (χ4v) is 3.47. The summed E-state index contributed by atoms with van der Waals surface area (Å²) in [7, 11) is 0. The van der Waals surface area contributed by atoms with Crippen LogP contribution < -0.4 is 0 Å². The summed E-state index contributed by atoms with van der Waals surface area (Å²) in [6.45, 7) is 5.29. The van der Waals surface area contributed by atoms with Gasteiger partial charge < -0.3 is 4.74 Å². The van der Waals surface area contributed by atoms with Gasteiger partial charge in [0, 0.05) is 32.7 Å². The Hall–Kier alpha value is -2.40. The minimum atomic E-state index is -4.40. The number of hydrogen-bond donors (Lipinski definition) is 0. The van der Waals surface area contributed by atoms with E-state index in [-0.39, 0.29) is 5.82 Å². The maximum atomic E-state index is 13.3. The molecule has 0 aromatic heterocycles. The first-order valence-corrected chi connectivity index (χ1v) is 9.79. The van der Waals surface area contributed by atoms with Gasteiger partial charge in [0.25, 0.3) is 0 Å². The van der Waals surface area contributed by atoms with Gasteiger partial charge in [0.05, 0.1) is 18.7 Å². The number of benzene rings is 2. The highest BCUT2D eigenvalue weighted by atomic mass is 19.4. The zero-order valence-electron chi connectivity index (χ0n) is 16.5. The van der Waals surface area contributed by atoms with Crippen molar-refractivity contribution in [3.05, 3.63) is 71.0 Å². The van der Waals surface area contributed by atoms with E-state index in [1.54, 1.807) is 12.1 Å². The van der Waals surface area contributed by atoms with Crippen LogP contribution in [0.2, 0.25) is 0 Å². The lowest BCUT2D eigenvalue weighted by Crippen LogP contribution is -2.47. The summed E-state index contributed by atoms with van der Waals surface area (Å²) in [6, 6.07) is 10.7. The molecule has 0 saturated carbocycles. The maximum absolute atomic E-state index is 13.3. The molecule has 1 unspecified atom stereocenters. The summed E-state index contributed by atoms with van der Waals surface area (Å²) in [4.78, 5) is 4.47. The van der Waals surface area contributed by atoms with E-state index in [2.05, 4.69) is 15.7 Å². The molecule has 0 bridgehead atoms. The van der Waals surface area contributed by atoms with Gasteiger partial charge in [-0.2, -0.15) is 13.2 Å². The number of hydrogen-bond acceptors (Lipinski definition) is 3. The Labute approximate surface area is 174 Å². The Morgan fingerprint density at radius 2 is 1.43 bits per heavy atom. The lowest BCUT2D eigenvalue weighted by molar-refractivity contribution is -0.137. The number of ether oxygens (including phenoxy) is 1. The zero-order valence-corrected chi connectivity index (χ0v) is 16.5. The lowest BCUT2D eigenvalue weighted by Gasteiger charge is -2.33. The van der Waals surface area contributed by atoms with E-state index in [0.717, 1.165) is 38.3 Å². The van der Waals surface area contributed by atoms with Gasteiger partial charge in [-0.05, 0) is 35.4 Å². The molecule has 0 aliphatic carbocycles. The molecule has 0 amide bonds. The molecule has 160 valence electrons. The summed E-state index contributed by atoms with van der Waals surface area (Å²) in [6.07, 6.45) is 0.379. The molecule has 1 atom stereocenters. The Balaban J connectivity index is 1.65. The summed E-state index contributed by atoms with van der Waals surface area (Å²) < 4.78 is 58.0. The highest BCUT2D eigenvalue weighted by molar-refractivity contribution is 5.33. The third-order valence-electron chi connectivity index (χ3n) is 5.19. The molecule has 1 aliphatic rings. The van der Waals surface area contributed by atoms with Crippen molar-refractivity contribution < 1.29 is 22.3 Å². The molecule has 3 rings (SSSR count). The standard InChI is InChI=1S/C23H24F4N2O/c1-2-11-28-12-14-29(15-13-28)16-17-30-22(19-5-9-21(24)10-6-19)18-3-7-20(8-4-18)23(25,26)27/h1,3-10,22H,11-17H2. The topological polar surface area (TPSA) is 15.7 Å². The average Bonchev–Trinajstić information content (AvgIpc) is 2.73. The maximum Gasteiger partial charge on any atom is 0.416 e. The van der Waals surface area contributed by atoms with E-state index in [9.17, 15) is 17.6 Å². The Morgan fingerprint density at radius 3 is 1.97 bits per heavy atom. The molecule has 0 radical (unpaired) electrons. The van der Waals surface area contributed by atoms with Gasteiger partial charge in [0.2, 0.25) is 0 Å². The second-order valence-electron chi connectivity index (χ2n) is 7.24. The van der Waals surface area contributed by atoms with E-state index >= 15 is 0 Å². The summed E-state index contributed by atoms with van der Waals surface area (Å²) >= 11 is 0. The van der Waals surface area contributed by atoms with Crippen molar-refractivity contribution in [2.75, 3.05) is 45.9 Å². The molecular weight excluding hydrogens is 396 g/mol. The number of halogens is 4. The fourth-order valence-electron chi connectivity index (χ4n) is 3.47. The second-order valence-corrected chi connectivity index (χ2v) is 7.24. The minimum Gasteiger partial charge on any atom is -0.367 e. The molecule has 3 nitrogen and oxygen atoms in total. The van der Waals surface area contributed by atoms with Gasteiger partial charge in [-0.25, -0.2) is 4.39 Å². The lowest BCUT2D eigenvalue weighted by atomic mass is 10.00. The molecule has 1 heterocycles. The van der Waals surface area contributed by atoms with E-state index in [1.165, 1.54) is 24.3 Å². The van der Waals surface area contributed by atoms with Crippen molar-refractivity contribution in [3.8, 4) is 12.3 Å².